The highest BCUT2D eigenvalue weighted by molar-refractivity contribution is 5.94. The molecule has 0 spiro atoms. The van der Waals surface area contributed by atoms with Crippen molar-refractivity contribution in [3.05, 3.63) is 58.4 Å². The van der Waals surface area contributed by atoms with E-state index in [1.54, 1.807) is 4.90 Å². The van der Waals surface area contributed by atoms with Gasteiger partial charge in [0.25, 0.3) is 5.91 Å². The second-order valence-electron chi connectivity index (χ2n) is 9.81. The van der Waals surface area contributed by atoms with E-state index >= 15 is 0 Å². The minimum absolute atomic E-state index is 0.0289. The van der Waals surface area contributed by atoms with Crippen LogP contribution in [0.15, 0.2) is 30.5 Å². The maximum atomic E-state index is 13.0. The third-order valence-electron chi connectivity index (χ3n) is 7.41. The van der Waals surface area contributed by atoms with Crippen molar-refractivity contribution in [1.82, 2.24) is 14.8 Å². The molecule has 0 aliphatic carbocycles. The number of aromatic nitrogens is 1. The molecule has 2 aliphatic heterocycles. The number of hydrogen-bond donors (Lipinski definition) is 1. The molecule has 190 valence electrons. The molecule has 2 aliphatic rings. The van der Waals surface area contributed by atoms with Crippen LogP contribution in [0, 0.1) is 19.8 Å². The minimum Gasteiger partial charge on any atom is -0.493 e. The molecule has 1 amide bonds. The first-order valence-corrected chi connectivity index (χ1v) is 11.9. The van der Waals surface area contributed by atoms with Crippen LogP contribution < -0.4 is 4.74 Å². The number of rotatable bonds is 7. The van der Waals surface area contributed by atoms with E-state index in [2.05, 4.69) is 29.8 Å². The van der Waals surface area contributed by atoms with Gasteiger partial charge in [-0.15, -0.1) is 0 Å². The van der Waals surface area contributed by atoms with Crippen LogP contribution >= 0.6 is 0 Å². The van der Waals surface area contributed by atoms with Gasteiger partial charge in [-0.2, -0.15) is 13.2 Å². The number of piperazine rings is 1. The molecule has 1 aromatic heterocycles. The number of aliphatic hydroxyl groups is 1. The number of pyridine rings is 1. The number of fused-ring (bicyclic) bond motifs is 2. The number of amides is 1. The van der Waals surface area contributed by atoms with Crippen molar-refractivity contribution in [2.45, 2.75) is 58.4 Å². The summed E-state index contributed by atoms with van der Waals surface area (Å²) in [5.41, 5.74) is 2.64. The first kappa shape index (κ1) is 25.4. The number of aliphatic hydroxyl groups excluding tert-OH is 1. The van der Waals surface area contributed by atoms with E-state index in [-0.39, 0.29) is 42.1 Å². The molecule has 3 heterocycles. The maximum Gasteiger partial charge on any atom is 0.433 e. The predicted molar refractivity (Wildman–Crippen MR) is 125 cm³/mol. The van der Waals surface area contributed by atoms with Crippen molar-refractivity contribution < 1.29 is 27.8 Å². The second kappa shape index (κ2) is 9.78. The molecule has 9 heteroatoms. The van der Waals surface area contributed by atoms with Crippen molar-refractivity contribution in [3.8, 4) is 5.75 Å². The third kappa shape index (κ3) is 5.02. The molecular formula is C26H32F3N3O3. The lowest BCUT2D eigenvalue weighted by molar-refractivity contribution is -0.141. The Kier molecular flexibility index (Phi) is 7.11. The van der Waals surface area contributed by atoms with E-state index in [0.717, 1.165) is 42.1 Å². The molecule has 0 radical (unpaired) electrons. The zero-order chi connectivity index (χ0) is 25.5. The lowest BCUT2D eigenvalue weighted by Crippen LogP contribution is -2.49. The summed E-state index contributed by atoms with van der Waals surface area (Å²) in [6, 6.07) is 6.53. The molecule has 2 bridgehead atoms. The van der Waals surface area contributed by atoms with Gasteiger partial charge in [-0.1, -0.05) is 13.0 Å². The number of benzene rings is 1. The Morgan fingerprint density at radius 1 is 1.14 bits per heavy atom. The summed E-state index contributed by atoms with van der Waals surface area (Å²) in [5.74, 6) is 0.623. The van der Waals surface area contributed by atoms with Gasteiger partial charge >= 0.3 is 6.18 Å². The van der Waals surface area contributed by atoms with Crippen LogP contribution in [0.1, 0.15) is 59.1 Å². The highest BCUT2D eigenvalue weighted by Crippen LogP contribution is 2.39. The minimum atomic E-state index is -4.52. The molecule has 2 fully saturated rings. The van der Waals surface area contributed by atoms with E-state index in [1.807, 2.05) is 19.9 Å². The Labute approximate surface area is 203 Å². The Morgan fingerprint density at radius 2 is 1.89 bits per heavy atom. The normalized spacial score (nSPS) is 21.9. The largest absolute Gasteiger partial charge is 0.493 e. The molecule has 0 unspecified atom stereocenters. The SMILES string of the molecule is Cc1c(OC[C@@H](C)CO)ccc([C@H](C)N2C[C@H]3C[C@@H]2CN3C(=O)c2ccc(C(F)(F)F)nc2)c1C. The van der Waals surface area contributed by atoms with E-state index in [1.165, 1.54) is 11.6 Å². The molecule has 2 aromatic rings. The van der Waals surface area contributed by atoms with Gasteiger partial charge in [-0.25, -0.2) is 0 Å². The molecule has 2 saturated heterocycles. The lowest BCUT2D eigenvalue weighted by Gasteiger charge is -2.38. The molecule has 4 atom stereocenters. The number of halogens is 3. The number of likely N-dealkylation sites (tertiary alicyclic amines) is 2. The van der Waals surface area contributed by atoms with Gasteiger partial charge in [0.05, 0.1) is 12.2 Å². The Morgan fingerprint density at radius 3 is 2.46 bits per heavy atom. The molecule has 4 rings (SSSR count). The summed E-state index contributed by atoms with van der Waals surface area (Å²) in [7, 11) is 0. The molecule has 6 nitrogen and oxygen atoms in total. The number of hydrogen-bond acceptors (Lipinski definition) is 5. The molecular weight excluding hydrogens is 459 g/mol. The summed E-state index contributed by atoms with van der Waals surface area (Å²) < 4.78 is 44.3. The summed E-state index contributed by atoms with van der Waals surface area (Å²) in [6.07, 6.45) is -2.65. The van der Waals surface area contributed by atoms with Crippen LogP contribution in [0.4, 0.5) is 13.2 Å². The standard InChI is InChI=1S/C26H32F3N3O3/c1-15(13-33)14-35-23-7-6-22(16(2)17(23)3)18(4)31-11-21-9-20(31)12-32(21)25(34)19-5-8-24(30-10-19)26(27,28)29/h5-8,10,15,18,20-21,33H,9,11-14H2,1-4H3/t15-,18-,20+,21+/m0/s1. The van der Waals surface area contributed by atoms with E-state index < -0.39 is 11.9 Å². The van der Waals surface area contributed by atoms with Gasteiger partial charge in [0, 0.05) is 49.9 Å². The average Bonchev–Trinajstić information content (AvgIpc) is 3.45. The molecule has 1 N–H and O–H groups in total. The Balaban J connectivity index is 1.42. The van der Waals surface area contributed by atoms with Crippen LogP contribution in [0.25, 0.3) is 0 Å². The monoisotopic (exact) mass is 491 g/mol. The zero-order valence-electron chi connectivity index (χ0n) is 20.5. The predicted octanol–water partition coefficient (Wildman–Crippen LogP) is 4.38. The van der Waals surface area contributed by atoms with Gasteiger partial charge in [-0.3, -0.25) is 14.7 Å². The molecule has 0 saturated carbocycles. The van der Waals surface area contributed by atoms with Crippen LogP contribution in [0.2, 0.25) is 0 Å². The fourth-order valence-corrected chi connectivity index (χ4v) is 5.16. The summed E-state index contributed by atoms with van der Waals surface area (Å²) in [6.45, 7) is 10.0. The summed E-state index contributed by atoms with van der Waals surface area (Å²) in [4.78, 5) is 20.6. The van der Waals surface area contributed by atoms with E-state index in [4.69, 9.17) is 4.74 Å². The zero-order valence-corrected chi connectivity index (χ0v) is 20.5. The first-order valence-electron chi connectivity index (χ1n) is 11.9. The van der Waals surface area contributed by atoms with E-state index in [0.29, 0.717) is 13.2 Å². The number of carbonyl (C=O) groups is 1. The van der Waals surface area contributed by atoms with Gasteiger partial charge in [0.15, 0.2) is 0 Å². The number of nitrogens with zero attached hydrogens (tertiary/aromatic N) is 3. The van der Waals surface area contributed by atoms with E-state index in [9.17, 15) is 23.1 Å². The lowest BCUT2D eigenvalue weighted by atomic mass is 9.96. The van der Waals surface area contributed by atoms with Gasteiger partial charge in [0.2, 0.25) is 0 Å². The van der Waals surface area contributed by atoms with Crippen molar-refractivity contribution in [3.63, 3.8) is 0 Å². The maximum absolute atomic E-state index is 13.0. The highest BCUT2D eigenvalue weighted by atomic mass is 19.4. The van der Waals surface area contributed by atoms with Gasteiger partial charge in [0.1, 0.15) is 11.4 Å². The highest BCUT2D eigenvalue weighted by Gasteiger charge is 2.47. The number of alkyl halides is 3. The first-order chi connectivity index (χ1) is 16.5. The third-order valence-corrected chi connectivity index (χ3v) is 7.41. The van der Waals surface area contributed by atoms with Crippen LogP contribution in [-0.4, -0.2) is 64.2 Å². The fourth-order valence-electron chi connectivity index (χ4n) is 5.16. The van der Waals surface area contributed by atoms with Crippen molar-refractivity contribution in [2.24, 2.45) is 5.92 Å². The molecule has 35 heavy (non-hydrogen) atoms. The van der Waals surface area contributed by atoms with Gasteiger partial charge in [-0.05, 0) is 62.1 Å². The quantitative estimate of drug-likeness (QED) is 0.623. The Hall–Kier alpha value is -2.65. The van der Waals surface area contributed by atoms with Crippen molar-refractivity contribution >= 4 is 5.91 Å². The summed E-state index contributed by atoms with van der Waals surface area (Å²) in [5, 5.41) is 9.23. The smallest absolute Gasteiger partial charge is 0.433 e. The number of ether oxygens (including phenoxy) is 1. The Bertz CT molecular complexity index is 1070. The van der Waals surface area contributed by atoms with Gasteiger partial charge < -0.3 is 14.7 Å². The average molecular weight is 492 g/mol. The van der Waals surface area contributed by atoms with Crippen molar-refractivity contribution in [1.29, 1.82) is 0 Å². The summed E-state index contributed by atoms with van der Waals surface area (Å²) >= 11 is 0. The van der Waals surface area contributed by atoms with Crippen LogP contribution in [-0.2, 0) is 6.18 Å². The number of carbonyl (C=O) groups excluding carboxylic acids is 1. The van der Waals surface area contributed by atoms with Crippen LogP contribution in [0.3, 0.4) is 0 Å². The topological polar surface area (TPSA) is 65.9 Å². The van der Waals surface area contributed by atoms with Crippen LogP contribution in [0.5, 0.6) is 5.75 Å². The van der Waals surface area contributed by atoms with Crippen molar-refractivity contribution in [2.75, 3.05) is 26.3 Å². The fraction of sp³-hybridized carbons (Fsp3) is 0.538. The molecule has 1 aromatic carbocycles. The second-order valence-corrected chi connectivity index (χ2v) is 9.81.